The van der Waals surface area contributed by atoms with Crippen LogP contribution in [0.25, 0.3) is 10.4 Å². The van der Waals surface area contributed by atoms with Gasteiger partial charge in [-0.3, -0.25) is 4.79 Å². The largest absolute Gasteiger partial charge is 0.462 e. The Labute approximate surface area is 105 Å². The number of nitrogens with zero attached hydrogens (tertiary/aromatic N) is 3. The number of esters is 1. The van der Waals surface area contributed by atoms with Gasteiger partial charge in [0.1, 0.15) is 6.61 Å². The van der Waals surface area contributed by atoms with Crippen LogP contribution in [-0.4, -0.2) is 23.8 Å². The predicted octanol–water partition coefficient (Wildman–Crippen LogP) is 2.66. The second kappa shape index (κ2) is 6.64. The average molecular weight is 249 g/mol. The first-order valence-electron chi connectivity index (χ1n) is 5.54. The minimum Gasteiger partial charge on any atom is -0.462 e. The van der Waals surface area contributed by atoms with Crippen LogP contribution in [0.15, 0.2) is 29.4 Å². The van der Waals surface area contributed by atoms with E-state index in [-0.39, 0.29) is 6.61 Å². The van der Waals surface area contributed by atoms with Gasteiger partial charge >= 0.3 is 5.97 Å². The van der Waals surface area contributed by atoms with E-state index in [4.69, 9.17) is 15.4 Å². The molecule has 96 valence electrons. The molecule has 0 spiro atoms. The van der Waals surface area contributed by atoms with Crippen LogP contribution in [0.3, 0.4) is 0 Å². The Morgan fingerprint density at radius 1 is 1.44 bits per heavy atom. The zero-order valence-electron chi connectivity index (χ0n) is 10.3. The standard InChI is InChI=1S/C12H15N3O3/c1-8(16)7-18-12(17)9(2)10-3-5-11(6-4-10)14-15-13/h3-6,8-9,16H,7H2,1-2H3. The molecule has 1 N–H and O–H groups in total. The average Bonchev–Trinajstić information content (AvgIpc) is 2.36. The number of ether oxygens (including phenoxy) is 1. The van der Waals surface area contributed by atoms with Crippen LogP contribution in [0, 0.1) is 0 Å². The van der Waals surface area contributed by atoms with Gasteiger partial charge in [0.25, 0.3) is 0 Å². The molecule has 0 saturated heterocycles. The number of rotatable bonds is 5. The van der Waals surface area contributed by atoms with Crippen LogP contribution >= 0.6 is 0 Å². The maximum absolute atomic E-state index is 11.6. The van der Waals surface area contributed by atoms with E-state index in [0.29, 0.717) is 5.69 Å². The van der Waals surface area contributed by atoms with Crippen LogP contribution in [-0.2, 0) is 9.53 Å². The topological polar surface area (TPSA) is 95.3 Å². The van der Waals surface area contributed by atoms with Gasteiger partial charge in [0.05, 0.1) is 12.0 Å². The number of benzene rings is 1. The molecule has 0 bridgehead atoms. The molecule has 18 heavy (non-hydrogen) atoms. The molecular weight excluding hydrogens is 234 g/mol. The van der Waals surface area contributed by atoms with Crippen LogP contribution < -0.4 is 0 Å². The van der Waals surface area contributed by atoms with Crippen molar-refractivity contribution in [3.05, 3.63) is 40.3 Å². The predicted molar refractivity (Wildman–Crippen MR) is 66.3 cm³/mol. The third kappa shape index (κ3) is 4.08. The first kappa shape index (κ1) is 14.0. The van der Waals surface area contributed by atoms with Crippen LogP contribution in [0.5, 0.6) is 0 Å². The molecule has 2 unspecified atom stereocenters. The Morgan fingerprint density at radius 3 is 2.56 bits per heavy atom. The molecule has 0 aliphatic heterocycles. The summed E-state index contributed by atoms with van der Waals surface area (Å²) in [7, 11) is 0. The summed E-state index contributed by atoms with van der Waals surface area (Å²) in [5.41, 5.74) is 9.53. The number of hydrogen-bond acceptors (Lipinski definition) is 4. The summed E-state index contributed by atoms with van der Waals surface area (Å²) in [6.07, 6.45) is -0.673. The summed E-state index contributed by atoms with van der Waals surface area (Å²) in [5, 5.41) is 12.5. The van der Waals surface area contributed by atoms with Gasteiger partial charge in [-0.2, -0.15) is 0 Å². The van der Waals surface area contributed by atoms with Gasteiger partial charge in [0.15, 0.2) is 0 Å². The van der Waals surface area contributed by atoms with Crippen molar-refractivity contribution >= 4 is 11.7 Å². The number of azide groups is 1. The normalized spacial score (nSPS) is 13.3. The highest BCUT2D eigenvalue weighted by molar-refractivity contribution is 5.77. The van der Waals surface area contributed by atoms with Crippen molar-refractivity contribution in [1.29, 1.82) is 0 Å². The molecule has 1 aromatic carbocycles. The fourth-order valence-corrected chi connectivity index (χ4v) is 1.35. The SMILES string of the molecule is CC(O)COC(=O)C(C)c1ccc(N=[N+]=[N-])cc1. The Morgan fingerprint density at radius 2 is 2.06 bits per heavy atom. The molecule has 2 atom stereocenters. The molecule has 0 saturated carbocycles. The van der Waals surface area contributed by atoms with E-state index < -0.39 is 18.0 Å². The van der Waals surface area contributed by atoms with Gasteiger partial charge in [0, 0.05) is 10.6 Å². The van der Waals surface area contributed by atoms with Gasteiger partial charge in [-0.1, -0.05) is 29.4 Å². The van der Waals surface area contributed by atoms with E-state index in [1.165, 1.54) is 0 Å². The van der Waals surface area contributed by atoms with Crippen LogP contribution in [0.1, 0.15) is 25.3 Å². The lowest BCUT2D eigenvalue weighted by molar-refractivity contribution is -0.147. The van der Waals surface area contributed by atoms with E-state index in [1.54, 1.807) is 38.1 Å². The molecule has 0 radical (unpaired) electrons. The number of carbonyl (C=O) groups excluding carboxylic acids is 1. The van der Waals surface area contributed by atoms with Crippen LogP contribution in [0.2, 0.25) is 0 Å². The molecule has 1 rings (SSSR count). The highest BCUT2D eigenvalue weighted by atomic mass is 16.5. The van der Waals surface area contributed by atoms with Gasteiger partial charge in [-0.25, -0.2) is 0 Å². The van der Waals surface area contributed by atoms with Crippen molar-refractivity contribution in [1.82, 2.24) is 0 Å². The van der Waals surface area contributed by atoms with E-state index in [9.17, 15) is 4.79 Å². The van der Waals surface area contributed by atoms with Gasteiger partial charge in [-0.15, -0.1) is 0 Å². The highest BCUT2D eigenvalue weighted by Gasteiger charge is 2.17. The molecule has 6 nitrogen and oxygen atoms in total. The molecule has 6 heteroatoms. The van der Waals surface area contributed by atoms with Crippen molar-refractivity contribution in [2.75, 3.05) is 6.61 Å². The van der Waals surface area contributed by atoms with Crippen molar-refractivity contribution in [2.24, 2.45) is 5.11 Å². The summed E-state index contributed by atoms with van der Waals surface area (Å²) in [6, 6.07) is 6.68. The number of hydrogen-bond donors (Lipinski definition) is 1. The number of carbonyl (C=O) groups is 1. The third-order valence-corrected chi connectivity index (χ3v) is 2.37. The number of aliphatic hydroxyl groups is 1. The Hall–Kier alpha value is -2.04. The maximum Gasteiger partial charge on any atom is 0.313 e. The van der Waals surface area contributed by atoms with Crippen molar-refractivity contribution in [3.8, 4) is 0 Å². The number of aliphatic hydroxyl groups excluding tert-OH is 1. The minimum absolute atomic E-state index is 0.0139. The summed E-state index contributed by atoms with van der Waals surface area (Å²) in [5.74, 6) is -0.823. The van der Waals surface area contributed by atoms with E-state index in [0.717, 1.165) is 5.56 Å². The Bertz CT molecular complexity index is 450. The lowest BCUT2D eigenvalue weighted by atomic mass is 10.0. The Kier molecular flexibility index (Phi) is 5.17. The fraction of sp³-hybridized carbons (Fsp3) is 0.417. The quantitative estimate of drug-likeness (QED) is 0.376. The third-order valence-electron chi connectivity index (χ3n) is 2.37. The molecular formula is C12H15N3O3. The van der Waals surface area contributed by atoms with E-state index >= 15 is 0 Å². The summed E-state index contributed by atoms with van der Waals surface area (Å²) < 4.78 is 4.93. The summed E-state index contributed by atoms with van der Waals surface area (Å²) in [4.78, 5) is 14.3. The lowest BCUT2D eigenvalue weighted by Crippen LogP contribution is -2.19. The van der Waals surface area contributed by atoms with Gasteiger partial charge < -0.3 is 9.84 Å². The molecule has 0 fully saturated rings. The Balaban J connectivity index is 2.68. The molecule has 0 aromatic heterocycles. The van der Waals surface area contributed by atoms with E-state index in [1.807, 2.05) is 0 Å². The molecule has 0 aliphatic carbocycles. The maximum atomic E-state index is 11.6. The zero-order valence-corrected chi connectivity index (χ0v) is 10.3. The van der Waals surface area contributed by atoms with Gasteiger partial charge in [-0.05, 0) is 24.9 Å². The molecule has 1 aromatic rings. The van der Waals surface area contributed by atoms with Gasteiger partial charge in [0.2, 0.25) is 0 Å². The zero-order chi connectivity index (χ0) is 13.5. The first-order valence-corrected chi connectivity index (χ1v) is 5.54. The van der Waals surface area contributed by atoms with E-state index in [2.05, 4.69) is 10.0 Å². The monoisotopic (exact) mass is 249 g/mol. The fourth-order valence-electron chi connectivity index (χ4n) is 1.35. The second-order valence-electron chi connectivity index (χ2n) is 3.98. The van der Waals surface area contributed by atoms with Crippen LogP contribution in [0.4, 0.5) is 5.69 Å². The molecule has 0 aliphatic rings. The first-order chi connectivity index (χ1) is 8.54. The lowest BCUT2D eigenvalue weighted by Gasteiger charge is -2.12. The van der Waals surface area contributed by atoms with Crippen molar-refractivity contribution in [2.45, 2.75) is 25.9 Å². The molecule has 0 heterocycles. The summed E-state index contributed by atoms with van der Waals surface area (Å²) >= 11 is 0. The molecule has 0 amide bonds. The second-order valence-corrected chi connectivity index (χ2v) is 3.98. The van der Waals surface area contributed by atoms with Crippen molar-refractivity contribution < 1.29 is 14.6 Å². The minimum atomic E-state index is -0.673. The summed E-state index contributed by atoms with van der Waals surface area (Å²) in [6.45, 7) is 3.25. The smallest absolute Gasteiger partial charge is 0.313 e. The highest BCUT2D eigenvalue weighted by Crippen LogP contribution is 2.20. The van der Waals surface area contributed by atoms with Crippen molar-refractivity contribution in [3.63, 3.8) is 0 Å².